The van der Waals surface area contributed by atoms with Gasteiger partial charge in [0.15, 0.2) is 11.6 Å². The number of hydrogen-bond acceptors (Lipinski definition) is 5. The Kier molecular flexibility index (Phi) is 5.99. The SMILES string of the molecule is COc1ccc(C(=O)N2CC[C@@H](NS(=O)(=O)N(C)C)[C@H](O)C2)cc1F. The summed E-state index contributed by atoms with van der Waals surface area (Å²) in [6.07, 6.45) is -0.811. The van der Waals surface area contributed by atoms with Gasteiger partial charge in [-0.1, -0.05) is 0 Å². The molecule has 10 heteroatoms. The van der Waals surface area contributed by atoms with Crippen molar-refractivity contribution >= 4 is 16.1 Å². The molecule has 1 fully saturated rings. The Morgan fingerprint density at radius 2 is 2.12 bits per heavy atom. The molecule has 25 heavy (non-hydrogen) atoms. The quantitative estimate of drug-likeness (QED) is 0.743. The third-order valence-electron chi connectivity index (χ3n) is 4.05. The number of piperidine rings is 1. The van der Waals surface area contributed by atoms with Crippen LogP contribution in [0.15, 0.2) is 18.2 Å². The van der Waals surface area contributed by atoms with E-state index in [0.717, 1.165) is 10.4 Å². The molecule has 0 unspecified atom stereocenters. The number of likely N-dealkylation sites (tertiary alicyclic amines) is 1. The third kappa shape index (κ3) is 4.46. The van der Waals surface area contributed by atoms with Gasteiger partial charge in [0.1, 0.15) is 0 Å². The first-order valence-corrected chi connectivity index (χ1v) is 9.10. The van der Waals surface area contributed by atoms with Crippen LogP contribution in [0.25, 0.3) is 0 Å². The number of rotatable bonds is 5. The minimum absolute atomic E-state index is 0.0355. The van der Waals surface area contributed by atoms with Crippen molar-refractivity contribution in [2.75, 3.05) is 34.3 Å². The second-order valence-corrected chi connectivity index (χ2v) is 7.88. The smallest absolute Gasteiger partial charge is 0.279 e. The Morgan fingerprint density at radius 1 is 1.44 bits per heavy atom. The largest absolute Gasteiger partial charge is 0.494 e. The van der Waals surface area contributed by atoms with Crippen LogP contribution in [0, 0.1) is 5.82 Å². The number of methoxy groups -OCH3 is 1. The number of benzene rings is 1. The molecule has 1 amide bonds. The first kappa shape index (κ1) is 19.6. The van der Waals surface area contributed by atoms with Crippen LogP contribution >= 0.6 is 0 Å². The van der Waals surface area contributed by atoms with E-state index in [1.54, 1.807) is 0 Å². The van der Waals surface area contributed by atoms with Crippen molar-refractivity contribution in [3.05, 3.63) is 29.6 Å². The number of ether oxygens (including phenoxy) is 1. The molecule has 1 heterocycles. The summed E-state index contributed by atoms with van der Waals surface area (Å²) in [5.74, 6) is -1.05. The molecule has 0 saturated carbocycles. The number of nitrogens with zero attached hydrogens (tertiary/aromatic N) is 2. The molecule has 1 aliphatic heterocycles. The highest BCUT2D eigenvalue weighted by Crippen LogP contribution is 2.20. The fraction of sp³-hybridized carbons (Fsp3) is 0.533. The zero-order chi connectivity index (χ0) is 18.8. The lowest BCUT2D eigenvalue weighted by Crippen LogP contribution is -2.56. The standard InChI is InChI=1S/C15H22FN3O5S/c1-18(2)25(22,23)17-12-6-7-19(9-13(12)20)15(21)10-4-5-14(24-3)11(16)8-10/h4-5,8,12-13,17,20H,6-7,9H2,1-3H3/t12-,13-/m1/s1. The molecule has 0 bridgehead atoms. The lowest BCUT2D eigenvalue weighted by Gasteiger charge is -2.36. The van der Waals surface area contributed by atoms with Gasteiger partial charge in [-0.3, -0.25) is 4.79 Å². The predicted octanol–water partition coefficient (Wildman–Crippen LogP) is -0.194. The lowest BCUT2D eigenvalue weighted by molar-refractivity contribution is 0.0364. The van der Waals surface area contributed by atoms with Gasteiger partial charge in [0.25, 0.3) is 16.1 Å². The second kappa shape index (κ2) is 7.65. The van der Waals surface area contributed by atoms with Crippen LogP contribution in [0.3, 0.4) is 0 Å². The molecule has 1 saturated heterocycles. The van der Waals surface area contributed by atoms with Crippen LogP contribution in [-0.4, -0.2) is 75.1 Å². The number of β-amino-alcohol motifs (C(OH)–C–C–N with tert-alkyl or cyclic N) is 1. The van der Waals surface area contributed by atoms with Gasteiger partial charge in [0.2, 0.25) is 0 Å². The van der Waals surface area contributed by atoms with Crippen LogP contribution in [0.2, 0.25) is 0 Å². The number of halogens is 1. The van der Waals surface area contributed by atoms with Gasteiger partial charge in [0, 0.05) is 32.7 Å². The number of amides is 1. The number of carbonyl (C=O) groups excluding carboxylic acids is 1. The van der Waals surface area contributed by atoms with Crippen molar-refractivity contribution in [2.45, 2.75) is 18.6 Å². The molecule has 8 nitrogen and oxygen atoms in total. The Morgan fingerprint density at radius 3 is 2.64 bits per heavy atom. The third-order valence-corrected chi connectivity index (χ3v) is 5.61. The first-order valence-electron chi connectivity index (χ1n) is 7.66. The van der Waals surface area contributed by atoms with E-state index in [2.05, 4.69) is 4.72 Å². The normalized spacial score (nSPS) is 21.4. The maximum absolute atomic E-state index is 13.8. The van der Waals surface area contributed by atoms with Gasteiger partial charge in [0.05, 0.1) is 19.3 Å². The number of aliphatic hydroxyl groups excluding tert-OH is 1. The molecular formula is C15H22FN3O5S. The van der Waals surface area contributed by atoms with Crippen LogP contribution < -0.4 is 9.46 Å². The molecule has 0 radical (unpaired) electrons. The number of aliphatic hydroxyl groups is 1. The zero-order valence-electron chi connectivity index (χ0n) is 14.3. The van der Waals surface area contributed by atoms with E-state index in [1.807, 2.05) is 0 Å². The van der Waals surface area contributed by atoms with Crippen molar-refractivity contribution in [2.24, 2.45) is 0 Å². The van der Waals surface area contributed by atoms with Crippen LogP contribution in [0.1, 0.15) is 16.8 Å². The first-order chi connectivity index (χ1) is 11.7. The van der Waals surface area contributed by atoms with E-state index in [9.17, 15) is 22.7 Å². The summed E-state index contributed by atoms with van der Waals surface area (Å²) >= 11 is 0. The van der Waals surface area contributed by atoms with Gasteiger partial charge in [-0.15, -0.1) is 0 Å². The summed E-state index contributed by atoms with van der Waals surface area (Å²) in [5, 5.41) is 10.2. The maximum Gasteiger partial charge on any atom is 0.279 e. The summed E-state index contributed by atoms with van der Waals surface area (Å²) in [6, 6.07) is 3.19. The second-order valence-electron chi connectivity index (χ2n) is 5.97. The van der Waals surface area contributed by atoms with Crippen molar-refractivity contribution in [3.8, 4) is 5.75 Å². The van der Waals surface area contributed by atoms with Crippen LogP contribution in [0.4, 0.5) is 4.39 Å². The Labute approximate surface area is 146 Å². The highest BCUT2D eigenvalue weighted by atomic mass is 32.2. The minimum Gasteiger partial charge on any atom is -0.494 e. The number of nitrogens with one attached hydrogen (secondary N) is 1. The summed E-state index contributed by atoms with van der Waals surface area (Å²) in [6.45, 7) is 0.192. The highest BCUT2D eigenvalue weighted by Gasteiger charge is 2.33. The van der Waals surface area contributed by atoms with E-state index in [0.29, 0.717) is 0 Å². The Bertz CT molecular complexity index is 741. The van der Waals surface area contributed by atoms with Crippen LogP contribution in [-0.2, 0) is 10.2 Å². The van der Waals surface area contributed by atoms with Gasteiger partial charge >= 0.3 is 0 Å². The van der Waals surface area contributed by atoms with E-state index >= 15 is 0 Å². The van der Waals surface area contributed by atoms with E-state index in [4.69, 9.17) is 4.74 Å². The number of hydrogen-bond donors (Lipinski definition) is 2. The summed E-state index contributed by atoms with van der Waals surface area (Å²) in [4.78, 5) is 13.8. The van der Waals surface area contributed by atoms with Gasteiger partial charge < -0.3 is 14.7 Å². The molecular weight excluding hydrogens is 353 g/mol. The van der Waals surface area contributed by atoms with E-state index < -0.39 is 34.1 Å². The molecule has 1 aromatic rings. The molecule has 2 N–H and O–H groups in total. The molecule has 2 atom stereocenters. The maximum atomic E-state index is 13.8. The summed E-state index contributed by atoms with van der Waals surface area (Å²) in [5.41, 5.74) is 0.137. The van der Waals surface area contributed by atoms with Crippen molar-refractivity contribution < 1.29 is 27.4 Å². The monoisotopic (exact) mass is 375 g/mol. The average Bonchev–Trinajstić information content (AvgIpc) is 2.55. The average molecular weight is 375 g/mol. The summed E-state index contributed by atoms with van der Waals surface area (Å²) in [7, 11) is 0.413. The molecule has 0 aliphatic carbocycles. The zero-order valence-corrected chi connectivity index (χ0v) is 15.1. The van der Waals surface area contributed by atoms with Crippen LogP contribution in [0.5, 0.6) is 5.75 Å². The van der Waals surface area contributed by atoms with E-state index in [1.165, 1.54) is 38.2 Å². The predicted molar refractivity (Wildman–Crippen MR) is 89.0 cm³/mol. The number of carbonyl (C=O) groups is 1. The van der Waals surface area contributed by atoms with Crippen molar-refractivity contribution in [3.63, 3.8) is 0 Å². The molecule has 140 valence electrons. The van der Waals surface area contributed by atoms with Gasteiger partial charge in [-0.2, -0.15) is 17.4 Å². The van der Waals surface area contributed by atoms with Crippen molar-refractivity contribution in [1.29, 1.82) is 0 Å². The molecule has 1 aromatic carbocycles. The van der Waals surface area contributed by atoms with E-state index in [-0.39, 0.29) is 30.8 Å². The Hall–Kier alpha value is -1.75. The molecule has 0 aromatic heterocycles. The van der Waals surface area contributed by atoms with Gasteiger partial charge in [-0.25, -0.2) is 4.39 Å². The fourth-order valence-electron chi connectivity index (χ4n) is 2.53. The fourth-order valence-corrected chi connectivity index (χ4v) is 3.40. The summed E-state index contributed by atoms with van der Waals surface area (Å²) < 4.78 is 45.7. The molecule has 2 rings (SSSR count). The molecule has 1 aliphatic rings. The topological polar surface area (TPSA) is 99.2 Å². The molecule has 0 spiro atoms. The van der Waals surface area contributed by atoms with Gasteiger partial charge in [-0.05, 0) is 24.6 Å². The Balaban J connectivity index is 2.05. The van der Waals surface area contributed by atoms with Crippen molar-refractivity contribution in [1.82, 2.24) is 13.9 Å². The minimum atomic E-state index is -3.68. The highest BCUT2D eigenvalue weighted by molar-refractivity contribution is 7.87. The lowest BCUT2D eigenvalue weighted by atomic mass is 10.0.